The number of benzene rings is 2. The van der Waals surface area contributed by atoms with Gasteiger partial charge in [0.25, 0.3) is 0 Å². The van der Waals surface area contributed by atoms with Crippen molar-refractivity contribution in [2.75, 3.05) is 0 Å². The number of fused-ring (bicyclic) bond motifs is 1. The fourth-order valence-corrected chi connectivity index (χ4v) is 3.47. The number of rotatable bonds is 8. The summed E-state index contributed by atoms with van der Waals surface area (Å²) in [6.45, 7) is 5.52. The van der Waals surface area contributed by atoms with E-state index < -0.39 is 23.7 Å². The van der Waals surface area contributed by atoms with Gasteiger partial charge in [-0.3, -0.25) is 0 Å². The van der Waals surface area contributed by atoms with Gasteiger partial charge in [-0.25, -0.2) is 14.4 Å². The Balaban J connectivity index is 1.74. The van der Waals surface area contributed by atoms with E-state index in [4.69, 9.17) is 25.5 Å². The number of aryl methyl sites for hydroxylation is 1. The van der Waals surface area contributed by atoms with Gasteiger partial charge >= 0.3 is 17.7 Å². The normalized spacial score (nSPS) is 11.8. The van der Waals surface area contributed by atoms with E-state index in [-0.39, 0.29) is 23.0 Å². The fourth-order valence-electron chi connectivity index (χ4n) is 3.27. The highest BCUT2D eigenvalue weighted by Crippen LogP contribution is 2.32. The Kier molecular flexibility index (Phi) is 8.11. The number of alkyl carbamates (subject to hydrolysis) is 1. The van der Waals surface area contributed by atoms with Crippen molar-refractivity contribution in [2.45, 2.75) is 52.7 Å². The summed E-state index contributed by atoms with van der Waals surface area (Å²) in [6, 6.07) is 11.3. The van der Waals surface area contributed by atoms with Gasteiger partial charge in [0.15, 0.2) is 5.75 Å². The van der Waals surface area contributed by atoms with Crippen LogP contribution in [0.2, 0.25) is 5.02 Å². The summed E-state index contributed by atoms with van der Waals surface area (Å²) in [5.74, 6) is -0.644. The summed E-state index contributed by atoms with van der Waals surface area (Å²) >= 11 is 6.33. The van der Waals surface area contributed by atoms with Crippen LogP contribution in [0.5, 0.6) is 5.75 Å². The molecule has 1 amide bonds. The van der Waals surface area contributed by atoms with Gasteiger partial charge < -0.3 is 19.2 Å². The molecule has 33 heavy (non-hydrogen) atoms. The van der Waals surface area contributed by atoms with Crippen LogP contribution in [-0.4, -0.2) is 18.1 Å². The third-order valence-electron chi connectivity index (χ3n) is 5.36. The van der Waals surface area contributed by atoms with Crippen molar-refractivity contribution in [3.8, 4) is 5.75 Å². The molecule has 0 saturated heterocycles. The van der Waals surface area contributed by atoms with Crippen LogP contribution in [0.4, 0.5) is 4.79 Å². The van der Waals surface area contributed by atoms with Crippen LogP contribution in [0, 0.1) is 13.8 Å². The number of hydrogen-bond acceptors (Lipinski definition) is 6. The molecule has 0 radical (unpaired) electrons. The predicted molar refractivity (Wildman–Crippen MR) is 126 cm³/mol. The average Bonchev–Trinajstić information content (AvgIpc) is 2.81. The van der Waals surface area contributed by atoms with E-state index in [2.05, 4.69) is 5.32 Å². The molecular formula is C25H26ClNO6. The first-order valence-corrected chi connectivity index (χ1v) is 11.1. The number of ether oxygens (including phenoxy) is 2. The molecule has 1 unspecified atom stereocenters. The molecule has 1 N–H and O–H groups in total. The van der Waals surface area contributed by atoms with Crippen molar-refractivity contribution in [2.24, 2.45) is 0 Å². The quantitative estimate of drug-likeness (QED) is 0.266. The Morgan fingerprint density at radius 3 is 2.55 bits per heavy atom. The number of hydrogen-bond donors (Lipinski definition) is 1. The molecular weight excluding hydrogens is 446 g/mol. The fraction of sp³-hybridized carbons (Fsp3) is 0.320. The minimum absolute atomic E-state index is 0.0431. The summed E-state index contributed by atoms with van der Waals surface area (Å²) < 4.78 is 16.0. The van der Waals surface area contributed by atoms with Gasteiger partial charge in [0.2, 0.25) is 0 Å². The van der Waals surface area contributed by atoms with Gasteiger partial charge in [0, 0.05) is 17.0 Å². The number of carbonyl (C=O) groups is 2. The van der Waals surface area contributed by atoms with Gasteiger partial charge in [-0.05, 0) is 37.5 Å². The summed E-state index contributed by atoms with van der Waals surface area (Å²) in [4.78, 5) is 37.2. The molecule has 1 aromatic heterocycles. The highest BCUT2D eigenvalue weighted by molar-refractivity contribution is 6.33. The molecule has 3 aromatic rings. The van der Waals surface area contributed by atoms with Crippen LogP contribution in [0.3, 0.4) is 0 Å². The maximum atomic E-state index is 12.9. The zero-order valence-corrected chi connectivity index (χ0v) is 19.5. The summed E-state index contributed by atoms with van der Waals surface area (Å²) in [5.41, 5.74) is 1.85. The lowest BCUT2D eigenvalue weighted by atomic mass is 10.1. The first-order chi connectivity index (χ1) is 15.8. The van der Waals surface area contributed by atoms with Gasteiger partial charge in [-0.2, -0.15) is 0 Å². The van der Waals surface area contributed by atoms with Crippen molar-refractivity contribution in [3.05, 3.63) is 74.6 Å². The van der Waals surface area contributed by atoms with E-state index in [1.165, 1.54) is 6.07 Å². The van der Waals surface area contributed by atoms with Crippen LogP contribution in [-0.2, 0) is 16.1 Å². The number of unbranched alkanes of at least 4 members (excludes halogenated alkanes) is 1. The number of nitrogens with one attached hydrogen (secondary N) is 1. The molecule has 0 saturated carbocycles. The van der Waals surface area contributed by atoms with Crippen LogP contribution in [0.1, 0.15) is 42.9 Å². The SMILES string of the molecule is CCCCC(NC(=O)OCc1ccccc1)C(=O)Oc1cc2oc(=O)c(C)c(C)c2cc1Cl. The average molecular weight is 472 g/mol. The Morgan fingerprint density at radius 2 is 1.85 bits per heavy atom. The van der Waals surface area contributed by atoms with Crippen molar-refractivity contribution in [1.82, 2.24) is 5.32 Å². The maximum absolute atomic E-state index is 12.9. The second-order valence-electron chi connectivity index (χ2n) is 7.74. The number of carbonyl (C=O) groups excluding carboxylic acids is 2. The van der Waals surface area contributed by atoms with E-state index in [1.54, 1.807) is 19.9 Å². The molecule has 1 atom stereocenters. The minimum atomic E-state index is -0.924. The zero-order chi connectivity index (χ0) is 24.0. The molecule has 174 valence electrons. The van der Waals surface area contributed by atoms with Crippen molar-refractivity contribution in [3.63, 3.8) is 0 Å². The summed E-state index contributed by atoms with van der Waals surface area (Å²) in [5, 5.41) is 3.41. The monoisotopic (exact) mass is 471 g/mol. The third kappa shape index (κ3) is 6.14. The van der Waals surface area contributed by atoms with Gasteiger partial charge in [0.1, 0.15) is 18.2 Å². The smallest absolute Gasteiger partial charge is 0.408 e. The third-order valence-corrected chi connectivity index (χ3v) is 5.65. The highest BCUT2D eigenvalue weighted by Gasteiger charge is 2.24. The molecule has 2 aromatic carbocycles. The van der Waals surface area contributed by atoms with Crippen LogP contribution < -0.4 is 15.7 Å². The molecule has 3 rings (SSSR count). The van der Waals surface area contributed by atoms with Crippen LogP contribution in [0.25, 0.3) is 11.0 Å². The second-order valence-corrected chi connectivity index (χ2v) is 8.15. The molecule has 7 nitrogen and oxygen atoms in total. The Hall–Kier alpha value is -3.32. The molecule has 0 bridgehead atoms. The molecule has 0 aliphatic carbocycles. The van der Waals surface area contributed by atoms with E-state index in [9.17, 15) is 14.4 Å². The van der Waals surface area contributed by atoms with Gasteiger partial charge in [-0.1, -0.05) is 61.7 Å². The first-order valence-electron chi connectivity index (χ1n) is 10.7. The Morgan fingerprint density at radius 1 is 1.12 bits per heavy atom. The minimum Gasteiger partial charge on any atom is -0.445 e. The highest BCUT2D eigenvalue weighted by atomic mass is 35.5. The maximum Gasteiger partial charge on any atom is 0.408 e. The summed E-state index contributed by atoms with van der Waals surface area (Å²) in [6.07, 6.45) is 1.16. The Bertz CT molecular complexity index is 1200. The summed E-state index contributed by atoms with van der Waals surface area (Å²) in [7, 11) is 0. The molecule has 0 fully saturated rings. The molecule has 0 spiro atoms. The lowest BCUT2D eigenvalue weighted by Gasteiger charge is -2.18. The first kappa shape index (κ1) is 24.3. The molecule has 1 heterocycles. The van der Waals surface area contributed by atoms with Gasteiger partial charge in [-0.15, -0.1) is 0 Å². The van der Waals surface area contributed by atoms with E-state index in [0.29, 0.717) is 23.8 Å². The molecule has 0 aliphatic heterocycles. The van der Waals surface area contributed by atoms with E-state index in [0.717, 1.165) is 17.5 Å². The van der Waals surface area contributed by atoms with E-state index in [1.807, 2.05) is 37.3 Å². The van der Waals surface area contributed by atoms with Crippen molar-refractivity contribution < 1.29 is 23.5 Å². The number of esters is 1. The predicted octanol–water partition coefficient (Wildman–Crippen LogP) is 5.45. The standard InChI is InChI=1S/C25H26ClNO6/c1-4-5-11-20(27-25(30)31-14-17-9-7-6-8-10-17)24(29)33-22-13-21-18(12-19(22)26)15(2)16(3)23(28)32-21/h6-10,12-13,20H,4-5,11,14H2,1-3H3,(H,27,30). The van der Waals surface area contributed by atoms with Crippen LogP contribution in [0.15, 0.2) is 51.7 Å². The van der Waals surface area contributed by atoms with E-state index >= 15 is 0 Å². The topological polar surface area (TPSA) is 94.8 Å². The number of halogens is 1. The van der Waals surface area contributed by atoms with Crippen molar-refractivity contribution >= 4 is 34.6 Å². The van der Waals surface area contributed by atoms with Gasteiger partial charge in [0.05, 0.1) is 5.02 Å². The van der Waals surface area contributed by atoms with Crippen molar-refractivity contribution in [1.29, 1.82) is 0 Å². The van der Waals surface area contributed by atoms with Crippen LogP contribution >= 0.6 is 11.6 Å². The molecule has 8 heteroatoms. The number of amides is 1. The lowest BCUT2D eigenvalue weighted by Crippen LogP contribution is -2.43. The molecule has 0 aliphatic rings. The zero-order valence-electron chi connectivity index (χ0n) is 18.8. The lowest BCUT2D eigenvalue weighted by molar-refractivity contribution is -0.136. The largest absolute Gasteiger partial charge is 0.445 e. The Labute approximate surface area is 196 Å². The second kappa shape index (κ2) is 11.0.